The topological polar surface area (TPSA) is 83.0 Å². The maximum atomic E-state index is 11.6. The second-order valence-corrected chi connectivity index (χ2v) is 6.72. The molecule has 0 aliphatic carbocycles. The quantitative estimate of drug-likeness (QED) is 0.539. The Morgan fingerprint density at radius 1 is 1.07 bits per heavy atom. The molecule has 0 atom stereocenters. The standard InChI is InChI=1S/C22H26N6O/c1-5-28(6-2)19-10-11-20(15(3)12-19)25-22-26-21(14-23-27-22)24-18-9-7-8-17(13-18)16(4)29/h7-14H,5-6H2,1-4H3,(H2,24,25,26,27). The molecule has 0 aliphatic rings. The highest BCUT2D eigenvalue weighted by molar-refractivity contribution is 5.95. The molecule has 0 amide bonds. The van der Waals surface area contributed by atoms with E-state index in [-0.39, 0.29) is 5.78 Å². The average molecular weight is 390 g/mol. The number of anilines is 5. The van der Waals surface area contributed by atoms with Gasteiger partial charge in [0.15, 0.2) is 11.6 Å². The van der Waals surface area contributed by atoms with Crippen LogP contribution in [-0.2, 0) is 0 Å². The summed E-state index contributed by atoms with van der Waals surface area (Å²) in [5, 5.41) is 14.5. The van der Waals surface area contributed by atoms with Crippen molar-refractivity contribution in [2.45, 2.75) is 27.7 Å². The lowest BCUT2D eigenvalue weighted by Gasteiger charge is -2.22. The molecule has 7 nitrogen and oxygen atoms in total. The molecule has 0 fully saturated rings. The Hall–Kier alpha value is -3.48. The number of carbonyl (C=O) groups excluding carboxylic acids is 1. The zero-order valence-corrected chi connectivity index (χ0v) is 17.2. The first-order valence-electron chi connectivity index (χ1n) is 9.70. The SMILES string of the molecule is CCN(CC)c1ccc(Nc2nncc(Nc3cccc(C(C)=O)c3)n2)c(C)c1. The van der Waals surface area contributed by atoms with Gasteiger partial charge in [0.25, 0.3) is 0 Å². The second-order valence-electron chi connectivity index (χ2n) is 6.72. The van der Waals surface area contributed by atoms with E-state index in [4.69, 9.17) is 0 Å². The predicted molar refractivity (Wildman–Crippen MR) is 118 cm³/mol. The molecular weight excluding hydrogens is 364 g/mol. The van der Waals surface area contributed by atoms with Gasteiger partial charge in [0, 0.05) is 35.7 Å². The summed E-state index contributed by atoms with van der Waals surface area (Å²) in [6, 6.07) is 13.5. The van der Waals surface area contributed by atoms with Gasteiger partial charge in [-0.2, -0.15) is 10.1 Å². The summed E-state index contributed by atoms with van der Waals surface area (Å²) in [5.74, 6) is 0.956. The number of aromatic nitrogens is 3. The minimum Gasteiger partial charge on any atom is -0.372 e. The summed E-state index contributed by atoms with van der Waals surface area (Å²) in [5.41, 5.74) is 4.63. The first-order valence-corrected chi connectivity index (χ1v) is 9.70. The molecular formula is C22H26N6O. The summed E-state index contributed by atoms with van der Waals surface area (Å²) >= 11 is 0. The van der Waals surface area contributed by atoms with Crippen molar-refractivity contribution < 1.29 is 4.79 Å². The van der Waals surface area contributed by atoms with E-state index in [0.29, 0.717) is 17.3 Å². The van der Waals surface area contributed by atoms with Crippen LogP contribution < -0.4 is 15.5 Å². The lowest BCUT2D eigenvalue weighted by atomic mass is 10.1. The van der Waals surface area contributed by atoms with Gasteiger partial charge in [-0.3, -0.25) is 4.79 Å². The molecule has 2 aromatic carbocycles. The molecule has 0 saturated heterocycles. The van der Waals surface area contributed by atoms with E-state index >= 15 is 0 Å². The smallest absolute Gasteiger partial charge is 0.249 e. The number of rotatable bonds is 8. The van der Waals surface area contributed by atoms with Gasteiger partial charge in [0.05, 0.1) is 6.20 Å². The van der Waals surface area contributed by atoms with E-state index in [9.17, 15) is 4.79 Å². The fourth-order valence-corrected chi connectivity index (χ4v) is 3.07. The van der Waals surface area contributed by atoms with E-state index < -0.39 is 0 Å². The average Bonchev–Trinajstić information content (AvgIpc) is 2.71. The van der Waals surface area contributed by atoms with Crippen molar-refractivity contribution in [3.63, 3.8) is 0 Å². The van der Waals surface area contributed by atoms with Gasteiger partial charge >= 0.3 is 0 Å². The number of nitrogens with one attached hydrogen (secondary N) is 2. The summed E-state index contributed by atoms with van der Waals surface area (Å²) in [6.45, 7) is 9.83. The van der Waals surface area contributed by atoms with Gasteiger partial charge in [0.2, 0.25) is 5.95 Å². The second kappa shape index (κ2) is 9.14. The van der Waals surface area contributed by atoms with Crippen molar-refractivity contribution in [1.82, 2.24) is 15.2 Å². The summed E-state index contributed by atoms with van der Waals surface area (Å²) in [7, 11) is 0. The summed E-state index contributed by atoms with van der Waals surface area (Å²) in [4.78, 5) is 18.3. The van der Waals surface area contributed by atoms with Crippen LogP contribution in [0.25, 0.3) is 0 Å². The van der Waals surface area contributed by atoms with Crippen LogP contribution in [0, 0.1) is 6.92 Å². The maximum absolute atomic E-state index is 11.6. The molecule has 0 bridgehead atoms. The van der Waals surface area contributed by atoms with E-state index in [2.05, 4.69) is 63.6 Å². The number of ketones is 1. The van der Waals surface area contributed by atoms with Crippen LogP contribution in [0.5, 0.6) is 0 Å². The summed E-state index contributed by atoms with van der Waals surface area (Å²) < 4.78 is 0. The van der Waals surface area contributed by atoms with Crippen molar-refractivity contribution in [1.29, 1.82) is 0 Å². The first-order chi connectivity index (χ1) is 14.0. The fraction of sp³-hybridized carbons (Fsp3) is 0.273. The maximum Gasteiger partial charge on any atom is 0.249 e. The van der Waals surface area contributed by atoms with Gasteiger partial charge in [-0.05, 0) is 63.6 Å². The number of hydrogen-bond acceptors (Lipinski definition) is 7. The van der Waals surface area contributed by atoms with Crippen LogP contribution in [0.3, 0.4) is 0 Å². The van der Waals surface area contributed by atoms with Gasteiger partial charge in [-0.25, -0.2) is 0 Å². The van der Waals surface area contributed by atoms with Gasteiger partial charge < -0.3 is 15.5 Å². The number of hydrogen-bond donors (Lipinski definition) is 2. The molecule has 3 rings (SSSR count). The molecule has 0 aliphatic heterocycles. The lowest BCUT2D eigenvalue weighted by Crippen LogP contribution is -2.21. The summed E-state index contributed by atoms with van der Waals surface area (Å²) in [6.07, 6.45) is 1.54. The highest BCUT2D eigenvalue weighted by Crippen LogP contribution is 2.25. The largest absolute Gasteiger partial charge is 0.372 e. The van der Waals surface area contributed by atoms with Crippen LogP contribution in [0.2, 0.25) is 0 Å². The molecule has 150 valence electrons. The van der Waals surface area contributed by atoms with Crippen LogP contribution in [-0.4, -0.2) is 34.1 Å². The zero-order chi connectivity index (χ0) is 20.8. The normalized spacial score (nSPS) is 10.5. The van der Waals surface area contributed by atoms with Gasteiger partial charge in [0.1, 0.15) is 0 Å². The molecule has 1 heterocycles. The van der Waals surface area contributed by atoms with Crippen molar-refractivity contribution in [3.05, 3.63) is 59.8 Å². The Labute approximate surface area is 171 Å². The monoisotopic (exact) mass is 390 g/mol. The molecule has 0 unspecified atom stereocenters. The lowest BCUT2D eigenvalue weighted by molar-refractivity contribution is 0.101. The van der Waals surface area contributed by atoms with Crippen molar-refractivity contribution in [2.24, 2.45) is 0 Å². The highest BCUT2D eigenvalue weighted by Gasteiger charge is 2.08. The Morgan fingerprint density at radius 3 is 2.55 bits per heavy atom. The molecule has 1 aromatic heterocycles. The van der Waals surface area contributed by atoms with Crippen LogP contribution in [0.1, 0.15) is 36.7 Å². The van der Waals surface area contributed by atoms with Crippen molar-refractivity contribution in [2.75, 3.05) is 28.6 Å². The van der Waals surface area contributed by atoms with Gasteiger partial charge in [-0.1, -0.05) is 12.1 Å². The molecule has 0 saturated carbocycles. The number of carbonyl (C=O) groups is 1. The number of nitrogens with zero attached hydrogens (tertiary/aromatic N) is 4. The molecule has 3 aromatic rings. The number of aryl methyl sites for hydroxylation is 1. The first kappa shape index (κ1) is 20.3. The third kappa shape index (κ3) is 5.07. The van der Waals surface area contributed by atoms with Crippen LogP contribution in [0.4, 0.5) is 28.8 Å². The van der Waals surface area contributed by atoms with E-state index in [1.54, 1.807) is 25.3 Å². The van der Waals surface area contributed by atoms with Crippen molar-refractivity contribution >= 4 is 34.6 Å². The fourth-order valence-electron chi connectivity index (χ4n) is 3.07. The van der Waals surface area contributed by atoms with Crippen LogP contribution in [0.15, 0.2) is 48.7 Å². The molecule has 0 spiro atoms. The number of benzene rings is 2. The van der Waals surface area contributed by atoms with E-state index in [1.165, 1.54) is 5.69 Å². The minimum absolute atomic E-state index is 0.0143. The number of Topliss-reactive ketones (excluding diaryl/α,β-unsaturated/α-hetero) is 1. The highest BCUT2D eigenvalue weighted by atomic mass is 16.1. The van der Waals surface area contributed by atoms with Crippen molar-refractivity contribution in [3.8, 4) is 0 Å². The molecule has 29 heavy (non-hydrogen) atoms. The molecule has 2 N–H and O–H groups in total. The van der Waals surface area contributed by atoms with Crippen LogP contribution >= 0.6 is 0 Å². The third-order valence-electron chi connectivity index (χ3n) is 4.69. The Bertz CT molecular complexity index is 1000. The van der Waals surface area contributed by atoms with E-state index in [1.807, 2.05) is 18.2 Å². The zero-order valence-electron chi connectivity index (χ0n) is 17.2. The molecule has 0 radical (unpaired) electrons. The molecule has 7 heteroatoms. The third-order valence-corrected chi connectivity index (χ3v) is 4.69. The van der Waals surface area contributed by atoms with E-state index in [0.717, 1.165) is 30.0 Å². The Morgan fingerprint density at radius 2 is 1.86 bits per heavy atom. The Balaban J connectivity index is 1.76. The Kier molecular flexibility index (Phi) is 6.39. The predicted octanol–water partition coefficient (Wildman–Crippen LogP) is 4.72. The minimum atomic E-state index is 0.0143. The van der Waals surface area contributed by atoms with Gasteiger partial charge in [-0.15, -0.1) is 5.10 Å².